The van der Waals surface area contributed by atoms with Gasteiger partial charge in [0.15, 0.2) is 0 Å². The zero-order valence-electron chi connectivity index (χ0n) is 12.8. The Morgan fingerprint density at radius 1 is 1.36 bits per heavy atom. The summed E-state index contributed by atoms with van der Waals surface area (Å²) in [5.74, 6) is 0.00255. The first-order valence-corrected chi connectivity index (χ1v) is 7.02. The summed E-state index contributed by atoms with van der Waals surface area (Å²) >= 11 is 0. The highest BCUT2D eigenvalue weighted by molar-refractivity contribution is 5.94. The van der Waals surface area contributed by atoms with Gasteiger partial charge in [0, 0.05) is 6.54 Å². The molecule has 0 aliphatic heterocycles. The van der Waals surface area contributed by atoms with E-state index in [2.05, 4.69) is 10.3 Å². The van der Waals surface area contributed by atoms with E-state index in [0.717, 1.165) is 0 Å². The van der Waals surface area contributed by atoms with Crippen LogP contribution in [0.1, 0.15) is 31.1 Å². The molecule has 22 heavy (non-hydrogen) atoms. The molecule has 0 aliphatic carbocycles. The van der Waals surface area contributed by atoms with Crippen LogP contribution in [-0.2, 0) is 0 Å². The molecule has 6 heteroatoms. The molecule has 3 N–H and O–H groups in total. The molecule has 2 rings (SSSR count). The number of carbonyl (C=O) groups is 1. The Balaban J connectivity index is 2.10. The van der Waals surface area contributed by atoms with Crippen molar-refractivity contribution in [2.45, 2.75) is 26.9 Å². The molecule has 1 unspecified atom stereocenters. The van der Waals surface area contributed by atoms with Crippen molar-refractivity contribution in [3.63, 3.8) is 0 Å². The Morgan fingerprint density at radius 2 is 2.09 bits per heavy atom. The average Bonchev–Trinajstić information content (AvgIpc) is 2.97. The van der Waals surface area contributed by atoms with Crippen molar-refractivity contribution in [3.8, 4) is 11.5 Å². The second kappa shape index (κ2) is 6.19. The van der Waals surface area contributed by atoms with Gasteiger partial charge in [-0.15, -0.1) is 0 Å². The van der Waals surface area contributed by atoms with Crippen molar-refractivity contribution in [3.05, 3.63) is 46.4 Å². The number of amides is 1. The van der Waals surface area contributed by atoms with Crippen molar-refractivity contribution >= 4 is 5.91 Å². The lowest BCUT2D eigenvalue weighted by atomic mass is 9.89. The number of H-pyrrole nitrogens is 1. The first-order chi connectivity index (χ1) is 10.3. The van der Waals surface area contributed by atoms with Gasteiger partial charge in [0.1, 0.15) is 11.3 Å². The summed E-state index contributed by atoms with van der Waals surface area (Å²) in [6.45, 7) is 5.69. The minimum absolute atomic E-state index is 0.00332. The molecule has 0 fully saturated rings. The molecule has 2 aromatic rings. The smallest absolute Gasteiger partial charge is 0.261 e. The standard InChI is InChI=1S/C16H20N2O4/c1-16(2,3)13(19)9-17-14(20)10-6-7-11(18-15(10)21)12-5-4-8-22-12/h4-8,13,19H,9H2,1-3H3,(H,17,20)(H,18,21). The van der Waals surface area contributed by atoms with Gasteiger partial charge < -0.3 is 19.8 Å². The highest BCUT2D eigenvalue weighted by atomic mass is 16.3. The number of pyridine rings is 1. The van der Waals surface area contributed by atoms with Crippen LogP contribution in [0.25, 0.3) is 11.5 Å². The minimum atomic E-state index is -0.696. The number of aliphatic hydroxyl groups excluding tert-OH is 1. The molecule has 0 saturated heterocycles. The maximum absolute atomic E-state index is 12.0. The van der Waals surface area contributed by atoms with Crippen molar-refractivity contribution in [1.82, 2.24) is 10.3 Å². The lowest BCUT2D eigenvalue weighted by Crippen LogP contribution is -2.40. The van der Waals surface area contributed by atoms with Crippen LogP contribution in [-0.4, -0.2) is 28.6 Å². The van der Waals surface area contributed by atoms with Gasteiger partial charge in [0.05, 0.1) is 18.1 Å². The summed E-state index contributed by atoms with van der Waals surface area (Å²) in [4.78, 5) is 26.6. The summed E-state index contributed by atoms with van der Waals surface area (Å²) in [6, 6.07) is 6.47. The Bertz CT molecular complexity index is 696. The summed E-state index contributed by atoms with van der Waals surface area (Å²) in [7, 11) is 0. The molecule has 0 bridgehead atoms. The maximum Gasteiger partial charge on any atom is 0.261 e. The molecular formula is C16H20N2O4. The molecule has 0 saturated carbocycles. The van der Waals surface area contributed by atoms with E-state index in [1.54, 1.807) is 18.2 Å². The number of hydrogen-bond acceptors (Lipinski definition) is 4. The van der Waals surface area contributed by atoms with E-state index in [1.165, 1.54) is 12.3 Å². The second-order valence-electron chi connectivity index (χ2n) is 6.18. The quantitative estimate of drug-likeness (QED) is 0.802. The predicted molar refractivity (Wildman–Crippen MR) is 82.6 cm³/mol. The number of aromatic amines is 1. The van der Waals surface area contributed by atoms with E-state index in [1.807, 2.05) is 20.8 Å². The molecule has 2 aromatic heterocycles. The number of aromatic nitrogens is 1. The highest BCUT2D eigenvalue weighted by Crippen LogP contribution is 2.18. The Hall–Kier alpha value is -2.34. The SMILES string of the molecule is CC(C)(C)C(O)CNC(=O)c1ccc(-c2ccco2)[nH]c1=O. The van der Waals surface area contributed by atoms with Gasteiger partial charge in [-0.05, 0) is 29.7 Å². The van der Waals surface area contributed by atoms with E-state index in [4.69, 9.17) is 4.42 Å². The fourth-order valence-electron chi connectivity index (χ4n) is 1.82. The summed E-state index contributed by atoms with van der Waals surface area (Å²) in [5, 5.41) is 12.5. The number of rotatable bonds is 4. The number of carbonyl (C=O) groups excluding carboxylic acids is 1. The third kappa shape index (κ3) is 3.65. The van der Waals surface area contributed by atoms with Gasteiger partial charge in [-0.2, -0.15) is 0 Å². The number of nitrogens with one attached hydrogen (secondary N) is 2. The van der Waals surface area contributed by atoms with Crippen molar-refractivity contribution < 1.29 is 14.3 Å². The zero-order valence-corrected chi connectivity index (χ0v) is 12.8. The minimum Gasteiger partial charge on any atom is -0.463 e. The van der Waals surface area contributed by atoms with Crippen molar-refractivity contribution in [1.29, 1.82) is 0 Å². The van der Waals surface area contributed by atoms with Crippen LogP contribution in [0, 0.1) is 5.41 Å². The molecule has 6 nitrogen and oxygen atoms in total. The fourth-order valence-corrected chi connectivity index (χ4v) is 1.82. The molecule has 0 aliphatic rings. The van der Waals surface area contributed by atoms with Crippen LogP contribution >= 0.6 is 0 Å². The molecule has 0 spiro atoms. The van der Waals surface area contributed by atoms with Gasteiger partial charge in [-0.1, -0.05) is 20.8 Å². The van der Waals surface area contributed by atoms with E-state index < -0.39 is 17.6 Å². The Morgan fingerprint density at radius 3 is 2.64 bits per heavy atom. The van der Waals surface area contributed by atoms with Crippen molar-refractivity contribution in [2.75, 3.05) is 6.54 Å². The summed E-state index contributed by atoms with van der Waals surface area (Å²) < 4.78 is 5.19. The van der Waals surface area contributed by atoms with Gasteiger partial charge in [0.25, 0.3) is 11.5 Å². The molecule has 118 valence electrons. The van der Waals surface area contributed by atoms with Gasteiger partial charge in [0.2, 0.25) is 0 Å². The average molecular weight is 304 g/mol. The normalized spacial score (nSPS) is 12.9. The van der Waals surface area contributed by atoms with Crippen LogP contribution < -0.4 is 10.9 Å². The molecule has 0 aromatic carbocycles. The first kappa shape index (κ1) is 16.0. The first-order valence-electron chi connectivity index (χ1n) is 7.02. The number of furan rings is 1. The second-order valence-corrected chi connectivity index (χ2v) is 6.18. The lowest BCUT2D eigenvalue weighted by Gasteiger charge is -2.25. The van der Waals surface area contributed by atoms with Gasteiger partial charge in [-0.3, -0.25) is 9.59 Å². The molecule has 1 amide bonds. The largest absolute Gasteiger partial charge is 0.463 e. The van der Waals surface area contributed by atoms with E-state index in [-0.39, 0.29) is 17.5 Å². The summed E-state index contributed by atoms with van der Waals surface area (Å²) in [5.41, 5.74) is -0.350. The predicted octanol–water partition coefficient (Wildman–Crippen LogP) is 1.77. The van der Waals surface area contributed by atoms with E-state index in [9.17, 15) is 14.7 Å². The third-order valence-corrected chi connectivity index (χ3v) is 3.40. The summed E-state index contributed by atoms with van der Waals surface area (Å²) in [6.07, 6.45) is 0.806. The topological polar surface area (TPSA) is 95.3 Å². The van der Waals surface area contributed by atoms with Crippen LogP contribution in [0.15, 0.2) is 39.7 Å². The lowest BCUT2D eigenvalue weighted by molar-refractivity contribution is 0.0586. The number of hydrogen-bond donors (Lipinski definition) is 3. The monoisotopic (exact) mass is 304 g/mol. The van der Waals surface area contributed by atoms with Crippen LogP contribution in [0.2, 0.25) is 0 Å². The third-order valence-electron chi connectivity index (χ3n) is 3.40. The van der Waals surface area contributed by atoms with Gasteiger partial charge in [-0.25, -0.2) is 0 Å². The van der Waals surface area contributed by atoms with Gasteiger partial charge >= 0.3 is 0 Å². The highest BCUT2D eigenvalue weighted by Gasteiger charge is 2.23. The van der Waals surface area contributed by atoms with Crippen LogP contribution in [0.4, 0.5) is 0 Å². The Kier molecular flexibility index (Phi) is 4.51. The fraction of sp³-hybridized carbons (Fsp3) is 0.375. The molecule has 0 radical (unpaired) electrons. The van der Waals surface area contributed by atoms with Crippen LogP contribution in [0.5, 0.6) is 0 Å². The Labute approximate surface area is 128 Å². The molecule has 1 atom stereocenters. The van der Waals surface area contributed by atoms with Crippen molar-refractivity contribution in [2.24, 2.45) is 5.41 Å². The molecular weight excluding hydrogens is 284 g/mol. The number of aliphatic hydroxyl groups is 1. The van der Waals surface area contributed by atoms with E-state index in [0.29, 0.717) is 11.5 Å². The zero-order chi connectivity index (χ0) is 16.3. The van der Waals surface area contributed by atoms with Crippen LogP contribution in [0.3, 0.4) is 0 Å². The molecule has 2 heterocycles. The van der Waals surface area contributed by atoms with E-state index >= 15 is 0 Å². The maximum atomic E-state index is 12.0.